The Kier molecular flexibility index (Phi) is 4.04. The maximum atomic E-state index is 12.8. The summed E-state index contributed by atoms with van der Waals surface area (Å²) in [4.78, 5) is 33.5. The molecule has 0 radical (unpaired) electrons. The van der Waals surface area contributed by atoms with Gasteiger partial charge in [0.15, 0.2) is 5.65 Å². The standard InChI is InChI=1S/C18H25FN4O2/c1-2-9-23-15(24)13-14(22(17(23)25)10-3-8-19)21-16(20-13)18-6-4-12(11-18)5-7-18/h12H,2-11H2,1H3,(H,20,21). The fourth-order valence-corrected chi connectivity index (χ4v) is 4.78. The van der Waals surface area contributed by atoms with Crippen molar-refractivity contribution in [2.24, 2.45) is 5.92 Å². The molecule has 0 atom stereocenters. The number of halogens is 1. The quantitative estimate of drug-likeness (QED) is 0.872. The molecule has 0 aliphatic heterocycles. The number of nitrogens with zero attached hydrogens (tertiary/aromatic N) is 3. The van der Waals surface area contributed by atoms with Crippen LogP contribution in [0.15, 0.2) is 9.59 Å². The molecule has 6 nitrogen and oxygen atoms in total. The highest BCUT2D eigenvalue weighted by atomic mass is 19.1. The third-order valence-electron chi connectivity index (χ3n) is 6.07. The zero-order valence-electron chi connectivity index (χ0n) is 14.7. The average molecular weight is 348 g/mol. The van der Waals surface area contributed by atoms with Crippen LogP contribution >= 0.6 is 0 Å². The first kappa shape index (κ1) is 16.5. The third-order valence-corrected chi connectivity index (χ3v) is 6.07. The van der Waals surface area contributed by atoms with E-state index in [-0.39, 0.29) is 29.6 Å². The Balaban J connectivity index is 1.91. The molecule has 2 aliphatic carbocycles. The van der Waals surface area contributed by atoms with Gasteiger partial charge in [0.05, 0.1) is 6.67 Å². The number of rotatable bonds is 6. The van der Waals surface area contributed by atoms with Crippen molar-refractivity contribution in [3.8, 4) is 0 Å². The molecule has 0 unspecified atom stereocenters. The van der Waals surface area contributed by atoms with Crippen molar-refractivity contribution in [1.29, 1.82) is 0 Å². The molecule has 0 aromatic carbocycles. The van der Waals surface area contributed by atoms with Gasteiger partial charge < -0.3 is 4.98 Å². The summed E-state index contributed by atoms with van der Waals surface area (Å²) < 4.78 is 15.4. The SMILES string of the molecule is CCCn1c(=O)c2[nH]c(C34CCC(CC3)C4)nc2n(CCCF)c1=O. The van der Waals surface area contributed by atoms with E-state index < -0.39 is 6.67 Å². The summed E-state index contributed by atoms with van der Waals surface area (Å²) in [6.07, 6.45) is 6.66. The number of hydrogen-bond donors (Lipinski definition) is 1. The molecular formula is C18H25FN4O2. The summed E-state index contributed by atoms with van der Waals surface area (Å²) in [7, 11) is 0. The Morgan fingerprint density at radius 2 is 2.00 bits per heavy atom. The molecule has 2 saturated carbocycles. The highest BCUT2D eigenvalue weighted by Crippen LogP contribution is 2.54. The van der Waals surface area contributed by atoms with E-state index in [0.717, 1.165) is 31.0 Å². The summed E-state index contributed by atoms with van der Waals surface area (Å²) in [6.45, 7) is 2.04. The molecule has 2 bridgehead atoms. The van der Waals surface area contributed by atoms with E-state index in [4.69, 9.17) is 4.98 Å². The number of aromatic nitrogens is 4. The van der Waals surface area contributed by atoms with Crippen molar-refractivity contribution in [3.05, 3.63) is 26.7 Å². The van der Waals surface area contributed by atoms with Crippen molar-refractivity contribution in [2.75, 3.05) is 6.67 Å². The zero-order valence-corrected chi connectivity index (χ0v) is 14.7. The smallest absolute Gasteiger partial charge is 0.332 e. The van der Waals surface area contributed by atoms with Crippen LogP contribution < -0.4 is 11.2 Å². The van der Waals surface area contributed by atoms with Gasteiger partial charge in [0.1, 0.15) is 11.3 Å². The summed E-state index contributed by atoms with van der Waals surface area (Å²) in [5.41, 5.74) is 0.148. The minimum Gasteiger partial charge on any atom is -0.336 e. The van der Waals surface area contributed by atoms with Crippen LogP contribution in [-0.2, 0) is 18.5 Å². The number of nitrogens with one attached hydrogen (secondary N) is 1. The van der Waals surface area contributed by atoms with Gasteiger partial charge in [-0.15, -0.1) is 0 Å². The maximum Gasteiger partial charge on any atom is 0.332 e. The highest BCUT2D eigenvalue weighted by Gasteiger charge is 2.48. The van der Waals surface area contributed by atoms with Crippen LogP contribution in [0.3, 0.4) is 0 Å². The lowest BCUT2D eigenvalue weighted by molar-refractivity contribution is 0.401. The van der Waals surface area contributed by atoms with E-state index in [9.17, 15) is 14.0 Å². The Labute approximate surface area is 145 Å². The Morgan fingerprint density at radius 3 is 2.60 bits per heavy atom. The molecular weight excluding hydrogens is 323 g/mol. The van der Waals surface area contributed by atoms with E-state index in [2.05, 4.69) is 4.98 Å². The molecule has 1 N–H and O–H groups in total. The van der Waals surface area contributed by atoms with Gasteiger partial charge in [-0.1, -0.05) is 6.92 Å². The minimum atomic E-state index is -0.496. The van der Waals surface area contributed by atoms with Crippen LogP contribution in [0.25, 0.3) is 11.2 Å². The zero-order chi connectivity index (χ0) is 17.6. The maximum absolute atomic E-state index is 12.8. The van der Waals surface area contributed by atoms with Gasteiger partial charge in [-0.3, -0.25) is 18.3 Å². The minimum absolute atomic E-state index is 0.0344. The second-order valence-electron chi connectivity index (χ2n) is 7.65. The number of H-pyrrole nitrogens is 1. The molecule has 7 heteroatoms. The molecule has 0 amide bonds. The molecule has 0 saturated heterocycles. The van der Waals surface area contributed by atoms with E-state index in [1.54, 1.807) is 0 Å². The summed E-state index contributed by atoms with van der Waals surface area (Å²) in [5.74, 6) is 1.61. The Bertz CT molecular complexity index is 902. The first-order valence-corrected chi connectivity index (χ1v) is 9.39. The van der Waals surface area contributed by atoms with Crippen LogP contribution in [0.4, 0.5) is 4.39 Å². The topological polar surface area (TPSA) is 72.7 Å². The van der Waals surface area contributed by atoms with Crippen LogP contribution in [0.2, 0.25) is 0 Å². The van der Waals surface area contributed by atoms with Crippen LogP contribution in [-0.4, -0.2) is 25.8 Å². The van der Waals surface area contributed by atoms with Gasteiger partial charge in [-0.25, -0.2) is 9.78 Å². The fourth-order valence-electron chi connectivity index (χ4n) is 4.78. The normalized spacial score (nSPS) is 25.3. The second kappa shape index (κ2) is 6.11. The number of imidazole rings is 1. The number of fused-ring (bicyclic) bond motifs is 3. The summed E-state index contributed by atoms with van der Waals surface area (Å²) in [5, 5.41) is 0. The lowest BCUT2D eigenvalue weighted by Crippen LogP contribution is -2.40. The predicted octanol–water partition coefficient (Wildman–Crippen LogP) is 2.49. The first-order chi connectivity index (χ1) is 12.1. The van der Waals surface area contributed by atoms with Gasteiger partial charge in [0.25, 0.3) is 5.56 Å². The number of hydrogen-bond acceptors (Lipinski definition) is 3. The Hall–Kier alpha value is -1.92. The van der Waals surface area contributed by atoms with Crippen molar-refractivity contribution in [2.45, 2.75) is 70.4 Å². The van der Waals surface area contributed by atoms with Gasteiger partial charge in [-0.2, -0.15) is 0 Å². The van der Waals surface area contributed by atoms with E-state index in [1.807, 2.05) is 6.92 Å². The van der Waals surface area contributed by atoms with Crippen LogP contribution in [0.1, 0.15) is 57.7 Å². The molecule has 4 rings (SSSR count). The van der Waals surface area contributed by atoms with Gasteiger partial charge in [-0.05, 0) is 50.9 Å². The lowest BCUT2D eigenvalue weighted by atomic mass is 9.83. The van der Waals surface area contributed by atoms with Gasteiger partial charge in [0.2, 0.25) is 0 Å². The molecule has 136 valence electrons. The predicted molar refractivity (Wildman–Crippen MR) is 93.7 cm³/mol. The fraction of sp³-hybridized carbons (Fsp3) is 0.722. The number of alkyl halides is 1. The van der Waals surface area contributed by atoms with Crippen LogP contribution in [0.5, 0.6) is 0 Å². The molecule has 2 heterocycles. The lowest BCUT2D eigenvalue weighted by Gasteiger charge is -2.23. The molecule has 2 aromatic heterocycles. The molecule has 25 heavy (non-hydrogen) atoms. The van der Waals surface area contributed by atoms with E-state index >= 15 is 0 Å². The summed E-state index contributed by atoms with van der Waals surface area (Å²) >= 11 is 0. The molecule has 2 aromatic rings. The van der Waals surface area contributed by atoms with Gasteiger partial charge >= 0.3 is 5.69 Å². The monoisotopic (exact) mass is 348 g/mol. The largest absolute Gasteiger partial charge is 0.336 e. The van der Waals surface area contributed by atoms with Crippen molar-refractivity contribution in [3.63, 3.8) is 0 Å². The summed E-state index contributed by atoms with van der Waals surface area (Å²) in [6, 6.07) is 0. The van der Waals surface area contributed by atoms with E-state index in [1.165, 1.54) is 22.0 Å². The van der Waals surface area contributed by atoms with E-state index in [0.29, 0.717) is 24.1 Å². The average Bonchev–Trinajstić information content (AvgIpc) is 3.33. The third kappa shape index (κ3) is 2.47. The first-order valence-electron chi connectivity index (χ1n) is 9.39. The Morgan fingerprint density at radius 1 is 1.24 bits per heavy atom. The highest BCUT2D eigenvalue weighted by molar-refractivity contribution is 5.70. The van der Waals surface area contributed by atoms with Crippen molar-refractivity contribution in [1.82, 2.24) is 19.1 Å². The van der Waals surface area contributed by atoms with Crippen molar-refractivity contribution >= 4 is 11.2 Å². The molecule has 2 fully saturated rings. The van der Waals surface area contributed by atoms with Gasteiger partial charge in [0, 0.05) is 18.5 Å². The number of aryl methyl sites for hydroxylation is 1. The van der Waals surface area contributed by atoms with Crippen molar-refractivity contribution < 1.29 is 4.39 Å². The molecule has 0 spiro atoms. The molecule has 2 aliphatic rings. The van der Waals surface area contributed by atoms with Crippen LogP contribution in [0, 0.1) is 5.92 Å². The number of aromatic amines is 1. The second-order valence-corrected chi connectivity index (χ2v) is 7.65.